The molecule has 1 atom stereocenters. The third-order valence-electron chi connectivity index (χ3n) is 3.09. The number of benzene rings is 1. The van der Waals surface area contributed by atoms with Crippen molar-refractivity contribution in [2.75, 3.05) is 14.2 Å². The monoisotopic (exact) mass is 234 g/mol. The van der Waals surface area contributed by atoms with E-state index >= 15 is 0 Å². The highest BCUT2D eigenvalue weighted by atomic mass is 16.5. The van der Waals surface area contributed by atoms with Crippen molar-refractivity contribution in [2.45, 2.75) is 25.4 Å². The largest absolute Gasteiger partial charge is 0.497 e. The summed E-state index contributed by atoms with van der Waals surface area (Å²) in [7, 11) is 3.31. The topological polar surface area (TPSA) is 38.7 Å². The van der Waals surface area contributed by atoms with Crippen LogP contribution in [0.15, 0.2) is 24.3 Å². The highest BCUT2D eigenvalue weighted by molar-refractivity contribution is 5.72. The second-order valence-corrected chi connectivity index (χ2v) is 4.22. The second kappa shape index (κ2) is 5.23. The highest BCUT2D eigenvalue weighted by Gasteiger charge is 2.16. The molecule has 1 aromatic rings. The van der Waals surface area contributed by atoms with Crippen LogP contribution in [0.25, 0.3) is 5.57 Å². The van der Waals surface area contributed by atoms with Crippen molar-refractivity contribution < 1.29 is 14.6 Å². The van der Waals surface area contributed by atoms with Crippen LogP contribution in [0.5, 0.6) is 11.5 Å². The van der Waals surface area contributed by atoms with E-state index in [0.29, 0.717) is 0 Å². The molecule has 0 aliphatic heterocycles. The van der Waals surface area contributed by atoms with E-state index in [2.05, 4.69) is 0 Å². The van der Waals surface area contributed by atoms with Crippen molar-refractivity contribution in [3.8, 4) is 11.5 Å². The van der Waals surface area contributed by atoms with Crippen LogP contribution in [0.3, 0.4) is 0 Å². The van der Waals surface area contributed by atoms with E-state index < -0.39 is 0 Å². The summed E-state index contributed by atoms with van der Waals surface area (Å²) < 4.78 is 10.6. The number of hydrogen-bond acceptors (Lipinski definition) is 3. The van der Waals surface area contributed by atoms with E-state index in [4.69, 9.17) is 9.47 Å². The third-order valence-corrected chi connectivity index (χ3v) is 3.09. The molecule has 2 rings (SSSR count). The fraction of sp³-hybridized carbons (Fsp3) is 0.429. The van der Waals surface area contributed by atoms with Crippen LogP contribution in [-0.4, -0.2) is 25.4 Å². The molecule has 0 bridgehead atoms. The Bertz CT molecular complexity index is 423. The van der Waals surface area contributed by atoms with E-state index in [1.54, 1.807) is 14.2 Å². The Hall–Kier alpha value is -1.48. The molecule has 3 heteroatoms. The Balaban J connectivity index is 2.41. The lowest BCUT2D eigenvalue weighted by Crippen LogP contribution is -2.09. The van der Waals surface area contributed by atoms with Crippen molar-refractivity contribution in [3.63, 3.8) is 0 Å². The van der Waals surface area contributed by atoms with Gasteiger partial charge in [0.2, 0.25) is 0 Å². The zero-order chi connectivity index (χ0) is 12.3. The lowest BCUT2D eigenvalue weighted by molar-refractivity contribution is 0.206. The van der Waals surface area contributed by atoms with Crippen LogP contribution in [-0.2, 0) is 0 Å². The van der Waals surface area contributed by atoms with Gasteiger partial charge in [0.25, 0.3) is 0 Å². The molecule has 1 N–H and O–H groups in total. The number of ether oxygens (including phenoxy) is 2. The Labute approximate surface area is 102 Å². The maximum atomic E-state index is 9.68. The number of aliphatic hydroxyl groups is 1. The number of hydrogen-bond donors (Lipinski definition) is 1. The summed E-state index contributed by atoms with van der Waals surface area (Å²) in [6.07, 6.45) is 4.40. The Morgan fingerprint density at radius 2 is 2.06 bits per heavy atom. The predicted octanol–water partition coefficient (Wildman–Crippen LogP) is 2.63. The fourth-order valence-corrected chi connectivity index (χ4v) is 2.19. The van der Waals surface area contributed by atoms with Crippen LogP contribution in [0, 0.1) is 0 Å². The van der Waals surface area contributed by atoms with Crippen LogP contribution in [0.2, 0.25) is 0 Å². The SMILES string of the molecule is COc1ccc(OC)c(C2=CC(O)CCC2)c1. The van der Waals surface area contributed by atoms with Gasteiger partial charge in [-0.05, 0) is 43.0 Å². The van der Waals surface area contributed by atoms with Crippen molar-refractivity contribution in [2.24, 2.45) is 0 Å². The quantitative estimate of drug-likeness (QED) is 0.873. The summed E-state index contributed by atoms with van der Waals surface area (Å²) in [6, 6.07) is 5.74. The van der Waals surface area contributed by atoms with Gasteiger partial charge in [-0.3, -0.25) is 0 Å². The fourth-order valence-electron chi connectivity index (χ4n) is 2.19. The molecule has 0 fully saturated rings. The van der Waals surface area contributed by atoms with E-state index in [1.165, 1.54) is 0 Å². The molecular formula is C14H18O3. The number of allylic oxidation sites excluding steroid dienone is 1. The van der Waals surface area contributed by atoms with Gasteiger partial charge in [-0.1, -0.05) is 6.08 Å². The summed E-state index contributed by atoms with van der Waals surface area (Å²) in [5.74, 6) is 1.63. The minimum atomic E-state index is -0.338. The van der Waals surface area contributed by atoms with E-state index in [1.807, 2.05) is 24.3 Å². The normalized spacial score (nSPS) is 19.7. The Kier molecular flexibility index (Phi) is 3.69. The molecule has 1 unspecified atom stereocenters. The highest BCUT2D eigenvalue weighted by Crippen LogP contribution is 2.35. The number of methoxy groups -OCH3 is 2. The molecule has 0 saturated carbocycles. The molecule has 1 aromatic carbocycles. The molecule has 0 amide bonds. The molecule has 0 heterocycles. The van der Waals surface area contributed by atoms with E-state index in [0.717, 1.165) is 41.9 Å². The van der Waals surface area contributed by atoms with Crippen molar-refractivity contribution in [1.29, 1.82) is 0 Å². The minimum absolute atomic E-state index is 0.338. The van der Waals surface area contributed by atoms with Gasteiger partial charge in [0.15, 0.2) is 0 Å². The maximum Gasteiger partial charge on any atom is 0.126 e. The first-order chi connectivity index (χ1) is 8.24. The van der Waals surface area contributed by atoms with E-state index in [9.17, 15) is 5.11 Å². The predicted molar refractivity (Wildman–Crippen MR) is 67.4 cm³/mol. The third kappa shape index (κ3) is 2.61. The van der Waals surface area contributed by atoms with Gasteiger partial charge in [0.05, 0.1) is 20.3 Å². The molecule has 92 valence electrons. The van der Waals surface area contributed by atoms with Gasteiger partial charge in [-0.15, -0.1) is 0 Å². The molecule has 0 saturated heterocycles. The molecule has 1 aliphatic carbocycles. The van der Waals surface area contributed by atoms with Gasteiger partial charge >= 0.3 is 0 Å². The zero-order valence-electron chi connectivity index (χ0n) is 10.3. The van der Waals surface area contributed by atoms with Crippen LogP contribution < -0.4 is 9.47 Å². The van der Waals surface area contributed by atoms with Gasteiger partial charge in [0.1, 0.15) is 11.5 Å². The molecular weight excluding hydrogens is 216 g/mol. The van der Waals surface area contributed by atoms with Crippen molar-refractivity contribution in [3.05, 3.63) is 29.8 Å². The molecule has 1 aliphatic rings. The van der Waals surface area contributed by atoms with Gasteiger partial charge in [0, 0.05) is 5.56 Å². The molecule has 3 nitrogen and oxygen atoms in total. The molecule has 0 spiro atoms. The van der Waals surface area contributed by atoms with E-state index in [-0.39, 0.29) is 6.10 Å². The van der Waals surface area contributed by atoms with Gasteiger partial charge in [-0.2, -0.15) is 0 Å². The minimum Gasteiger partial charge on any atom is -0.497 e. The molecule has 0 radical (unpaired) electrons. The lowest BCUT2D eigenvalue weighted by atomic mass is 9.91. The first-order valence-corrected chi connectivity index (χ1v) is 5.85. The summed E-state index contributed by atoms with van der Waals surface area (Å²) in [5, 5.41) is 9.68. The maximum absolute atomic E-state index is 9.68. The second-order valence-electron chi connectivity index (χ2n) is 4.22. The Morgan fingerprint density at radius 1 is 1.24 bits per heavy atom. The van der Waals surface area contributed by atoms with Crippen LogP contribution in [0.4, 0.5) is 0 Å². The number of rotatable bonds is 3. The zero-order valence-corrected chi connectivity index (χ0v) is 10.3. The average Bonchev–Trinajstić information content (AvgIpc) is 2.38. The van der Waals surface area contributed by atoms with Crippen LogP contribution >= 0.6 is 0 Å². The summed E-state index contributed by atoms with van der Waals surface area (Å²) >= 11 is 0. The van der Waals surface area contributed by atoms with Crippen molar-refractivity contribution >= 4 is 5.57 Å². The van der Waals surface area contributed by atoms with Crippen molar-refractivity contribution in [1.82, 2.24) is 0 Å². The molecule has 0 aromatic heterocycles. The Morgan fingerprint density at radius 3 is 2.71 bits per heavy atom. The number of aliphatic hydroxyl groups excluding tert-OH is 1. The van der Waals surface area contributed by atoms with Gasteiger partial charge < -0.3 is 14.6 Å². The van der Waals surface area contributed by atoms with Crippen LogP contribution in [0.1, 0.15) is 24.8 Å². The summed E-state index contributed by atoms with van der Waals surface area (Å²) in [4.78, 5) is 0. The summed E-state index contributed by atoms with van der Waals surface area (Å²) in [5.41, 5.74) is 2.16. The summed E-state index contributed by atoms with van der Waals surface area (Å²) in [6.45, 7) is 0. The van der Waals surface area contributed by atoms with Gasteiger partial charge in [-0.25, -0.2) is 0 Å². The smallest absolute Gasteiger partial charge is 0.126 e. The first kappa shape index (κ1) is 12.0. The first-order valence-electron chi connectivity index (χ1n) is 5.85. The molecule has 17 heavy (non-hydrogen) atoms. The average molecular weight is 234 g/mol. The standard InChI is InChI=1S/C14H18O3/c1-16-12-6-7-14(17-2)13(9-12)10-4-3-5-11(15)8-10/h6-9,11,15H,3-5H2,1-2H3. The lowest BCUT2D eigenvalue weighted by Gasteiger charge is -2.19.